The smallest absolute Gasteiger partial charge is 0.350 e. The monoisotopic (exact) mass is 631 g/mol. The van der Waals surface area contributed by atoms with Gasteiger partial charge in [-0.1, -0.05) is 23.5 Å². The van der Waals surface area contributed by atoms with E-state index in [1.54, 1.807) is 19.2 Å². The summed E-state index contributed by atoms with van der Waals surface area (Å²) in [6, 6.07) is 5.20. The lowest BCUT2D eigenvalue weighted by atomic mass is 9.82. The van der Waals surface area contributed by atoms with Gasteiger partial charge in [-0.3, -0.25) is 9.59 Å². The van der Waals surface area contributed by atoms with E-state index in [1.807, 2.05) is 13.0 Å². The number of hydrogen-bond donors (Lipinski definition) is 2. The number of thioether (sulfide) groups is 2. The van der Waals surface area contributed by atoms with E-state index in [4.69, 9.17) is 30.4 Å². The maximum Gasteiger partial charge on any atom is 0.350 e. The molecule has 1 aromatic rings. The van der Waals surface area contributed by atoms with Crippen molar-refractivity contribution in [3.8, 4) is 17.6 Å². The lowest BCUT2D eigenvalue weighted by Gasteiger charge is -2.26. The Balaban J connectivity index is 1.56. The fourth-order valence-corrected chi connectivity index (χ4v) is 8.08. The Labute approximate surface area is 261 Å². The molecule has 1 unspecified atom stereocenters. The first-order valence-corrected chi connectivity index (χ1v) is 16.6. The van der Waals surface area contributed by atoms with E-state index < -0.39 is 5.97 Å². The van der Waals surface area contributed by atoms with Crippen LogP contribution >= 0.6 is 23.5 Å². The largest absolute Gasteiger partial charge is 0.461 e. The molecular weight excluding hydrogens is 590 g/mol. The normalized spacial score (nSPS) is 23.9. The number of carbonyl (C=O) groups excluding carboxylic acids is 3. The van der Waals surface area contributed by atoms with Gasteiger partial charge in [-0.2, -0.15) is 5.26 Å². The van der Waals surface area contributed by atoms with Gasteiger partial charge >= 0.3 is 17.9 Å². The van der Waals surface area contributed by atoms with Crippen LogP contribution in [0.5, 0.6) is 11.5 Å². The average molecular weight is 632 g/mol. The third-order valence-corrected chi connectivity index (χ3v) is 11.2. The lowest BCUT2D eigenvalue weighted by molar-refractivity contribution is -0.141. The van der Waals surface area contributed by atoms with E-state index in [2.05, 4.69) is 0 Å². The van der Waals surface area contributed by atoms with Crippen LogP contribution < -0.4 is 20.9 Å². The van der Waals surface area contributed by atoms with Crippen molar-refractivity contribution < 1.29 is 33.3 Å². The zero-order chi connectivity index (χ0) is 30.9. The van der Waals surface area contributed by atoms with Gasteiger partial charge < -0.3 is 30.4 Å². The van der Waals surface area contributed by atoms with Crippen molar-refractivity contribution in [1.29, 1.82) is 5.26 Å². The number of nitrogens with zero attached hydrogens (tertiary/aromatic N) is 1. The quantitative estimate of drug-likeness (QED) is 0.147. The second-order valence-electron chi connectivity index (χ2n) is 11.4. The molecule has 0 spiro atoms. The summed E-state index contributed by atoms with van der Waals surface area (Å²) < 4.78 is 22.7. The van der Waals surface area contributed by atoms with Crippen molar-refractivity contribution in [2.24, 2.45) is 35.1 Å². The van der Waals surface area contributed by atoms with Crippen LogP contribution in [0.2, 0.25) is 0 Å². The summed E-state index contributed by atoms with van der Waals surface area (Å²) in [4.78, 5) is 40.2. The minimum atomic E-state index is -0.751. The second kappa shape index (κ2) is 16.0. The van der Waals surface area contributed by atoms with Crippen LogP contribution in [-0.4, -0.2) is 50.8 Å². The van der Waals surface area contributed by atoms with Crippen LogP contribution in [0.15, 0.2) is 31.7 Å². The highest BCUT2D eigenvalue weighted by atomic mass is 32.2. The molecule has 43 heavy (non-hydrogen) atoms. The first kappa shape index (κ1) is 33.3. The number of ether oxygens (including phenoxy) is 4. The molecule has 0 saturated heterocycles. The third kappa shape index (κ3) is 8.54. The molecule has 1 heterocycles. The van der Waals surface area contributed by atoms with E-state index in [0.717, 1.165) is 49.2 Å². The van der Waals surface area contributed by atoms with Crippen molar-refractivity contribution in [3.63, 3.8) is 0 Å². The highest BCUT2D eigenvalue weighted by Gasteiger charge is 2.35. The van der Waals surface area contributed by atoms with E-state index in [9.17, 15) is 19.6 Å². The molecule has 1 aromatic carbocycles. The topological polar surface area (TPSA) is 164 Å². The molecule has 2 saturated carbocycles. The number of hydrogen-bond acceptors (Lipinski definition) is 12. The number of benzene rings is 1. The molecule has 3 aliphatic rings. The molecule has 0 aromatic heterocycles. The SMILES string of the molecule is COC(C)CCOC(=O)C(C#N)=C1Sc2c(OC(=O)C3CCC(CN)CC3)ccc(OC(=O)C3CCC(CN)CC3)c2S1. The van der Waals surface area contributed by atoms with E-state index in [-0.39, 0.29) is 42.1 Å². The zero-order valence-corrected chi connectivity index (χ0v) is 26.4. The van der Waals surface area contributed by atoms with Crippen LogP contribution in [0.25, 0.3) is 0 Å². The standard InChI is InChI=1S/C31H41N3O7S2/c1-18(38-2)13-14-39-30(37)23(17-34)31-42-26-24(40-28(35)21-7-3-19(15-32)4-8-21)11-12-25(27(26)43-31)41-29(36)22-9-5-20(16-33)6-10-22/h11-12,18-22H,3-10,13-16,32-33H2,1-2H3. The predicted octanol–water partition coefficient (Wildman–Crippen LogP) is 4.93. The summed E-state index contributed by atoms with van der Waals surface area (Å²) in [6.45, 7) is 3.18. The van der Waals surface area contributed by atoms with Gasteiger partial charge in [0.15, 0.2) is 5.57 Å². The lowest BCUT2D eigenvalue weighted by Crippen LogP contribution is -2.28. The number of rotatable bonds is 11. The fraction of sp³-hybridized carbons (Fsp3) is 0.613. The van der Waals surface area contributed by atoms with Crippen LogP contribution in [0.1, 0.15) is 64.7 Å². The molecule has 2 aliphatic carbocycles. The number of carbonyl (C=O) groups is 3. The number of nitriles is 1. The molecule has 2 fully saturated rings. The van der Waals surface area contributed by atoms with E-state index in [0.29, 0.717) is 82.6 Å². The minimum absolute atomic E-state index is 0.0963. The summed E-state index contributed by atoms with van der Waals surface area (Å²) in [5.74, 6) is -0.404. The molecule has 0 radical (unpaired) electrons. The van der Waals surface area contributed by atoms with Crippen molar-refractivity contribution in [2.45, 2.75) is 80.6 Å². The van der Waals surface area contributed by atoms with Crippen LogP contribution in [0, 0.1) is 35.0 Å². The van der Waals surface area contributed by atoms with Gasteiger partial charge in [0.1, 0.15) is 17.6 Å². The molecule has 1 aliphatic heterocycles. The van der Waals surface area contributed by atoms with Gasteiger partial charge in [-0.15, -0.1) is 0 Å². The Bertz CT molecular complexity index is 1180. The summed E-state index contributed by atoms with van der Waals surface area (Å²) in [7, 11) is 1.57. The maximum absolute atomic E-state index is 13.1. The molecule has 12 heteroatoms. The minimum Gasteiger partial charge on any atom is -0.461 e. The number of methoxy groups -OCH3 is 1. The maximum atomic E-state index is 13.1. The Kier molecular flexibility index (Phi) is 12.4. The Hall–Kier alpha value is -2.56. The summed E-state index contributed by atoms with van der Waals surface area (Å²) >= 11 is 2.27. The highest BCUT2D eigenvalue weighted by molar-refractivity contribution is 8.24. The Morgan fingerprint density at radius 2 is 1.35 bits per heavy atom. The predicted molar refractivity (Wildman–Crippen MR) is 163 cm³/mol. The van der Waals surface area contributed by atoms with Gasteiger partial charge in [0.05, 0.1) is 38.6 Å². The second-order valence-corrected chi connectivity index (χ2v) is 13.7. The first-order chi connectivity index (χ1) is 20.8. The number of nitrogens with two attached hydrogens (primary N) is 2. The number of fused-ring (bicyclic) bond motifs is 1. The molecule has 4 rings (SSSR count). The van der Waals surface area contributed by atoms with E-state index in [1.165, 1.54) is 0 Å². The van der Waals surface area contributed by atoms with Gasteiger partial charge in [0, 0.05) is 13.5 Å². The molecule has 234 valence electrons. The molecule has 4 N–H and O–H groups in total. The fourth-order valence-electron chi connectivity index (χ4n) is 5.52. The summed E-state index contributed by atoms with van der Waals surface area (Å²) in [5.41, 5.74) is 11.5. The van der Waals surface area contributed by atoms with Crippen molar-refractivity contribution in [2.75, 3.05) is 26.8 Å². The Morgan fingerprint density at radius 3 is 1.74 bits per heavy atom. The van der Waals surface area contributed by atoms with Gasteiger partial charge in [-0.25, -0.2) is 4.79 Å². The first-order valence-electron chi connectivity index (χ1n) is 15.0. The Morgan fingerprint density at radius 1 is 0.884 bits per heavy atom. The molecule has 10 nitrogen and oxygen atoms in total. The summed E-state index contributed by atoms with van der Waals surface area (Å²) in [6.07, 6.45) is 6.75. The van der Waals surface area contributed by atoms with Gasteiger partial charge in [-0.05, 0) is 95.3 Å². The van der Waals surface area contributed by atoms with Crippen molar-refractivity contribution in [3.05, 3.63) is 21.9 Å². The molecule has 0 bridgehead atoms. The van der Waals surface area contributed by atoms with Crippen LogP contribution in [0.4, 0.5) is 0 Å². The molecule has 1 atom stereocenters. The third-order valence-electron chi connectivity index (χ3n) is 8.56. The summed E-state index contributed by atoms with van der Waals surface area (Å²) in [5, 5.41) is 9.90. The van der Waals surface area contributed by atoms with Crippen LogP contribution in [-0.2, 0) is 23.9 Å². The van der Waals surface area contributed by atoms with Gasteiger partial charge in [0.25, 0.3) is 0 Å². The average Bonchev–Trinajstić information content (AvgIpc) is 3.48. The molecule has 0 amide bonds. The zero-order valence-electron chi connectivity index (χ0n) is 24.8. The van der Waals surface area contributed by atoms with E-state index >= 15 is 0 Å². The highest BCUT2D eigenvalue weighted by Crippen LogP contribution is 2.59. The van der Waals surface area contributed by atoms with Crippen molar-refractivity contribution in [1.82, 2.24) is 0 Å². The van der Waals surface area contributed by atoms with Gasteiger partial charge in [0.2, 0.25) is 0 Å². The molecular formula is C31H41N3O7S2. The number of esters is 3. The van der Waals surface area contributed by atoms with Crippen molar-refractivity contribution >= 4 is 41.4 Å². The van der Waals surface area contributed by atoms with Crippen LogP contribution in [0.3, 0.4) is 0 Å².